The minimum atomic E-state index is -0.763. The molecule has 0 radical (unpaired) electrons. The fraction of sp³-hybridized carbons (Fsp3) is 0.778. The van der Waals surface area contributed by atoms with Crippen LogP contribution in [0.25, 0.3) is 11.0 Å². The van der Waals surface area contributed by atoms with E-state index in [1.165, 1.54) is 96.0 Å². The number of carbonyl (C=O) groups is 2. The minimum absolute atomic E-state index is 0.0211. The highest BCUT2D eigenvalue weighted by molar-refractivity contribution is 5.94. The van der Waals surface area contributed by atoms with E-state index in [4.69, 9.17) is 14.1 Å². The Morgan fingerprint density at radius 1 is 0.714 bits per heavy atom. The van der Waals surface area contributed by atoms with Gasteiger partial charge >= 0.3 is 17.9 Å². The van der Waals surface area contributed by atoms with Crippen molar-refractivity contribution in [1.29, 1.82) is 0 Å². The molecule has 0 spiro atoms. The highest BCUT2D eigenvalue weighted by Gasteiger charge is 2.40. The number of unbranched alkanes of at least 4 members (excludes halogenated alkanes) is 18. The predicted molar refractivity (Wildman–Crippen MR) is 191 cm³/mol. The molecule has 13 nitrogen and oxygen atoms in total. The summed E-state index contributed by atoms with van der Waals surface area (Å²) in [5.74, 6) is 0. The number of non-ortho nitro benzene ring substituents is 1. The van der Waals surface area contributed by atoms with Crippen molar-refractivity contribution in [1.82, 2.24) is 20.9 Å². The van der Waals surface area contributed by atoms with E-state index in [-0.39, 0.29) is 29.8 Å². The highest BCUT2D eigenvalue weighted by atomic mass is 16.6. The molecule has 49 heavy (non-hydrogen) atoms. The number of nitro groups is 1. The molecule has 3 rings (SSSR count). The summed E-state index contributed by atoms with van der Waals surface area (Å²) in [7, 11) is 0. The summed E-state index contributed by atoms with van der Waals surface area (Å²) in [4.78, 5) is 38.3. The lowest BCUT2D eigenvalue weighted by Gasteiger charge is -2.19. The first-order chi connectivity index (χ1) is 23.9. The van der Waals surface area contributed by atoms with E-state index < -0.39 is 29.3 Å². The Balaban J connectivity index is 1.45. The lowest BCUT2D eigenvalue weighted by molar-refractivity contribution is -0.383. The van der Waals surface area contributed by atoms with Gasteiger partial charge in [-0.3, -0.25) is 10.1 Å². The number of fused-ring (bicyclic) bond motifs is 1. The summed E-state index contributed by atoms with van der Waals surface area (Å²) in [6.07, 6.45) is 21.4. The van der Waals surface area contributed by atoms with Gasteiger partial charge in [0.05, 0.1) is 23.7 Å². The van der Waals surface area contributed by atoms with Crippen molar-refractivity contribution in [3.63, 3.8) is 0 Å². The van der Waals surface area contributed by atoms with Crippen LogP contribution in [-0.4, -0.2) is 65.8 Å². The molecule has 1 aromatic carbocycles. The molecule has 13 heteroatoms. The van der Waals surface area contributed by atoms with Crippen LogP contribution in [0.15, 0.2) is 16.8 Å². The van der Waals surface area contributed by atoms with E-state index in [2.05, 4.69) is 34.8 Å². The zero-order valence-corrected chi connectivity index (χ0v) is 29.9. The Kier molecular flexibility index (Phi) is 19.2. The molecule has 2 N–H and O–H groups in total. The third-order valence-corrected chi connectivity index (χ3v) is 9.24. The molecule has 0 bridgehead atoms. The van der Waals surface area contributed by atoms with Crippen LogP contribution in [0.4, 0.5) is 21.0 Å². The first kappa shape index (κ1) is 39.8. The number of nitrogens with one attached hydrogen (secondary N) is 2. The molecule has 0 aliphatic carbocycles. The average Bonchev–Trinajstić information content (AvgIpc) is 3.73. The Morgan fingerprint density at radius 2 is 1.12 bits per heavy atom. The molecule has 1 saturated heterocycles. The van der Waals surface area contributed by atoms with Crippen LogP contribution >= 0.6 is 0 Å². The maximum absolute atomic E-state index is 12.8. The summed E-state index contributed by atoms with van der Waals surface area (Å²) in [6, 6.07) is 2.89. The lowest BCUT2D eigenvalue weighted by Crippen LogP contribution is -2.39. The molecular weight excluding hydrogens is 628 g/mol. The first-order valence-electron chi connectivity index (χ1n) is 19.0. The molecule has 0 saturated carbocycles. The second-order valence-electron chi connectivity index (χ2n) is 13.3. The zero-order valence-electron chi connectivity index (χ0n) is 29.9. The van der Waals surface area contributed by atoms with Gasteiger partial charge < -0.3 is 25.0 Å². The summed E-state index contributed by atoms with van der Waals surface area (Å²) in [6.45, 7) is 5.86. The van der Waals surface area contributed by atoms with Gasteiger partial charge in [0.2, 0.25) is 5.52 Å². The number of hydrogen-bond donors (Lipinski definition) is 2. The van der Waals surface area contributed by atoms with Crippen LogP contribution in [-0.2, 0) is 9.47 Å². The van der Waals surface area contributed by atoms with Crippen molar-refractivity contribution >= 4 is 34.6 Å². The molecule has 2 heterocycles. The molecule has 1 aromatic heterocycles. The number of carbonyl (C=O) groups excluding carboxylic acids is 2. The molecule has 1 aliphatic rings. The Hall–Kier alpha value is -3.64. The Morgan fingerprint density at radius 3 is 1.55 bits per heavy atom. The number of alkyl carbamates (subject to hydrolysis) is 2. The van der Waals surface area contributed by atoms with E-state index >= 15 is 0 Å². The summed E-state index contributed by atoms with van der Waals surface area (Å²) < 4.78 is 16.4. The van der Waals surface area contributed by atoms with E-state index in [0.29, 0.717) is 18.8 Å². The number of amides is 2. The number of ether oxygens (including phenoxy) is 2. The van der Waals surface area contributed by atoms with Crippen molar-refractivity contribution in [3.8, 4) is 0 Å². The van der Waals surface area contributed by atoms with Gasteiger partial charge in [-0.1, -0.05) is 129 Å². The monoisotopic (exact) mass is 688 g/mol. The molecule has 2 amide bonds. The van der Waals surface area contributed by atoms with Gasteiger partial charge in [0.25, 0.3) is 0 Å². The van der Waals surface area contributed by atoms with Crippen LogP contribution in [0.2, 0.25) is 0 Å². The molecule has 276 valence electrons. The van der Waals surface area contributed by atoms with Crippen LogP contribution in [0.3, 0.4) is 0 Å². The van der Waals surface area contributed by atoms with Gasteiger partial charge in [-0.25, -0.2) is 14.2 Å². The normalized spacial score (nSPS) is 15.8. The van der Waals surface area contributed by atoms with Crippen LogP contribution < -0.4 is 15.5 Å². The highest BCUT2D eigenvalue weighted by Crippen LogP contribution is 2.34. The van der Waals surface area contributed by atoms with Gasteiger partial charge in [-0.2, -0.15) is 0 Å². The largest absolute Gasteiger partial charge is 0.440 e. The SMILES string of the molecule is CCCCCCCCCCCCNC(=O)O[C@H]1CN(c2ccc([N+](=O)[O-])c3nonc23)C[C@@H]1OC(=O)NCCCCCCCCCCCC. The van der Waals surface area contributed by atoms with Gasteiger partial charge in [0.15, 0.2) is 17.7 Å². The average molecular weight is 689 g/mol. The molecule has 1 aliphatic heterocycles. The predicted octanol–water partition coefficient (Wildman–Crippen LogP) is 8.98. The quantitative estimate of drug-likeness (QED) is 0.0554. The number of aromatic nitrogens is 2. The maximum Gasteiger partial charge on any atom is 0.407 e. The smallest absolute Gasteiger partial charge is 0.407 e. The molecular formula is C36H60N6O7. The topological polar surface area (TPSA) is 162 Å². The Labute approximate surface area is 291 Å². The standard InChI is InChI=1S/C36H60N6O7/c1-3-5-7-9-11-13-15-17-19-21-25-37-35(43)47-31-27-41(29-23-24-30(42(45)46)34-33(29)39-49-40-34)28-32(31)48-36(44)38-26-22-20-18-16-14-12-10-8-6-4-2/h23-24,31-32H,3-22,25-28H2,1-2H3,(H,37,43)(H,38,44)/t31-,32-/m0/s1. The molecule has 2 atom stereocenters. The van der Waals surface area contributed by atoms with Gasteiger partial charge in [-0.15, -0.1) is 0 Å². The molecule has 2 aromatic rings. The molecule has 1 fully saturated rings. The van der Waals surface area contributed by atoms with Crippen molar-refractivity contribution in [2.24, 2.45) is 0 Å². The minimum Gasteiger partial charge on any atom is -0.440 e. The fourth-order valence-corrected chi connectivity index (χ4v) is 6.37. The van der Waals surface area contributed by atoms with E-state index in [0.717, 1.165) is 38.5 Å². The van der Waals surface area contributed by atoms with Crippen LogP contribution in [0.1, 0.15) is 142 Å². The number of nitrogens with zero attached hydrogens (tertiary/aromatic N) is 4. The molecule has 0 unspecified atom stereocenters. The van der Waals surface area contributed by atoms with Crippen LogP contribution in [0, 0.1) is 10.1 Å². The number of anilines is 1. The maximum atomic E-state index is 12.8. The van der Waals surface area contributed by atoms with Crippen molar-refractivity contribution in [3.05, 3.63) is 22.2 Å². The van der Waals surface area contributed by atoms with Crippen molar-refractivity contribution < 1.29 is 28.6 Å². The van der Waals surface area contributed by atoms with E-state index in [1.807, 2.05) is 4.90 Å². The first-order valence-corrected chi connectivity index (χ1v) is 19.0. The zero-order chi connectivity index (χ0) is 35.1. The van der Waals surface area contributed by atoms with Crippen molar-refractivity contribution in [2.75, 3.05) is 31.1 Å². The third-order valence-electron chi connectivity index (χ3n) is 9.24. The fourth-order valence-electron chi connectivity index (χ4n) is 6.37. The summed E-state index contributed by atoms with van der Waals surface area (Å²) in [5, 5.41) is 24.8. The van der Waals surface area contributed by atoms with Gasteiger partial charge in [-0.05, 0) is 29.2 Å². The van der Waals surface area contributed by atoms with E-state index in [9.17, 15) is 19.7 Å². The van der Waals surface area contributed by atoms with Crippen molar-refractivity contribution in [2.45, 2.75) is 154 Å². The Bertz CT molecular complexity index is 1190. The van der Waals surface area contributed by atoms with Gasteiger partial charge in [0.1, 0.15) is 0 Å². The van der Waals surface area contributed by atoms with E-state index in [1.54, 1.807) is 6.07 Å². The lowest BCUT2D eigenvalue weighted by atomic mass is 10.1. The second-order valence-corrected chi connectivity index (χ2v) is 13.3. The third kappa shape index (κ3) is 14.8. The summed E-state index contributed by atoms with van der Waals surface area (Å²) in [5.41, 5.74) is 0.521. The number of nitro benzene ring substituents is 1. The number of hydrogen-bond acceptors (Lipinski definition) is 10. The van der Waals surface area contributed by atoms with Gasteiger partial charge in [0, 0.05) is 19.2 Å². The number of rotatable bonds is 26. The second kappa shape index (κ2) is 23.7. The number of benzene rings is 1. The summed E-state index contributed by atoms with van der Waals surface area (Å²) >= 11 is 0. The van der Waals surface area contributed by atoms with Crippen LogP contribution in [0.5, 0.6) is 0 Å².